The zero-order chi connectivity index (χ0) is 16.8. The molecule has 1 amide bonds. The highest BCUT2D eigenvalue weighted by atomic mass is 35.5. The second-order valence-electron chi connectivity index (χ2n) is 5.06. The Morgan fingerprint density at radius 3 is 3.00 bits per heavy atom. The van der Waals surface area contributed by atoms with Crippen LogP contribution in [0.25, 0.3) is 0 Å². The largest absolute Gasteiger partial charge is 0.493 e. The molecule has 1 aromatic rings. The third-order valence-corrected chi connectivity index (χ3v) is 3.75. The molecule has 0 spiro atoms. The minimum atomic E-state index is -0.600. The summed E-state index contributed by atoms with van der Waals surface area (Å²) >= 11 is 6.24. The average molecular weight is 339 g/mol. The molecule has 6 nitrogen and oxygen atoms in total. The number of halogens is 1. The van der Waals surface area contributed by atoms with Crippen LogP contribution in [0.5, 0.6) is 11.5 Å². The number of benzene rings is 1. The van der Waals surface area contributed by atoms with E-state index >= 15 is 0 Å². The molecule has 1 aromatic carbocycles. The van der Waals surface area contributed by atoms with Crippen LogP contribution in [0.1, 0.15) is 23.7 Å². The van der Waals surface area contributed by atoms with E-state index < -0.39 is 6.04 Å². The Morgan fingerprint density at radius 1 is 1.57 bits per heavy atom. The summed E-state index contributed by atoms with van der Waals surface area (Å²) in [5, 5.41) is 9.47. The number of hydrogen-bond donors (Lipinski definition) is 0. The maximum absolute atomic E-state index is 12.7. The standard InChI is InChI=1S/C16H19ClN2O4/c1-3-5-23-15-13(17)7-11(8-14(15)21-2)16(20)19-4-6-22-10-12(19)9-18/h7-8,12H,3-6,10H2,1-2H3/t12-/m0/s1. The van der Waals surface area contributed by atoms with E-state index in [4.69, 9.17) is 31.1 Å². The van der Waals surface area contributed by atoms with E-state index in [1.165, 1.54) is 12.0 Å². The minimum absolute atomic E-state index is 0.213. The van der Waals surface area contributed by atoms with Gasteiger partial charge in [0.2, 0.25) is 0 Å². The SMILES string of the molecule is CCCOc1c(Cl)cc(C(=O)N2CCOC[C@@H]2C#N)cc1OC. The lowest BCUT2D eigenvalue weighted by Gasteiger charge is -2.31. The molecule has 0 aromatic heterocycles. The molecule has 1 saturated heterocycles. The van der Waals surface area contributed by atoms with Crippen LogP contribution >= 0.6 is 11.6 Å². The van der Waals surface area contributed by atoms with Gasteiger partial charge in [0.15, 0.2) is 11.5 Å². The van der Waals surface area contributed by atoms with Gasteiger partial charge in [-0.05, 0) is 18.6 Å². The Bertz CT molecular complexity index is 615. The first kappa shape index (κ1) is 17.4. The van der Waals surface area contributed by atoms with Gasteiger partial charge in [-0.15, -0.1) is 0 Å². The molecular formula is C16H19ClN2O4. The van der Waals surface area contributed by atoms with Crippen LogP contribution in [0, 0.1) is 11.3 Å². The van der Waals surface area contributed by atoms with Crippen molar-refractivity contribution in [2.45, 2.75) is 19.4 Å². The molecule has 1 heterocycles. The molecule has 0 aliphatic carbocycles. The fourth-order valence-corrected chi connectivity index (χ4v) is 2.57. The molecule has 0 unspecified atom stereocenters. The quantitative estimate of drug-likeness (QED) is 0.824. The lowest BCUT2D eigenvalue weighted by molar-refractivity contribution is 0.0132. The van der Waals surface area contributed by atoms with Gasteiger partial charge in [0.1, 0.15) is 6.04 Å². The fraction of sp³-hybridized carbons (Fsp3) is 0.500. The predicted molar refractivity (Wildman–Crippen MR) is 85.0 cm³/mol. The number of carbonyl (C=O) groups excluding carboxylic acids is 1. The zero-order valence-electron chi connectivity index (χ0n) is 13.2. The second kappa shape index (κ2) is 8.04. The Hall–Kier alpha value is -1.97. The molecule has 0 bridgehead atoms. The normalized spacial score (nSPS) is 17.5. The number of nitrogens with zero attached hydrogens (tertiary/aromatic N) is 2. The summed E-state index contributed by atoms with van der Waals surface area (Å²) < 4.78 is 16.1. The number of carbonyl (C=O) groups is 1. The average Bonchev–Trinajstić information content (AvgIpc) is 2.59. The van der Waals surface area contributed by atoms with E-state index in [1.54, 1.807) is 12.1 Å². The van der Waals surface area contributed by atoms with Crippen molar-refractivity contribution in [3.63, 3.8) is 0 Å². The number of morpholine rings is 1. The summed E-state index contributed by atoms with van der Waals surface area (Å²) in [4.78, 5) is 14.2. The summed E-state index contributed by atoms with van der Waals surface area (Å²) in [6.45, 7) is 3.48. The molecule has 0 saturated carbocycles. The molecule has 1 aliphatic rings. The van der Waals surface area contributed by atoms with Crippen LogP contribution in [0.15, 0.2) is 12.1 Å². The van der Waals surface area contributed by atoms with E-state index in [1.807, 2.05) is 6.92 Å². The summed E-state index contributed by atoms with van der Waals surface area (Å²) in [6.07, 6.45) is 0.831. The van der Waals surface area contributed by atoms with Crippen LogP contribution in [0.2, 0.25) is 5.02 Å². The first-order chi connectivity index (χ1) is 11.1. The number of rotatable bonds is 5. The molecule has 0 radical (unpaired) electrons. The summed E-state index contributed by atoms with van der Waals surface area (Å²) in [7, 11) is 1.49. The predicted octanol–water partition coefficient (Wildman–Crippen LogP) is 2.50. The van der Waals surface area contributed by atoms with Gasteiger partial charge in [-0.3, -0.25) is 4.79 Å². The van der Waals surface area contributed by atoms with Crippen molar-refractivity contribution in [3.05, 3.63) is 22.7 Å². The number of hydrogen-bond acceptors (Lipinski definition) is 5. The molecule has 23 heavy (non-hydrogen) atoms. The minimum Gasteiger partial charge on any atom is -0.493 e. The van der Waals surface area contributed by atoms with Gasteiger partial charge in [0.05, 0.1) is 38.0 Å². The summed E-state index contributed by atoms with van der Waals surface area (Å²) in [5.74, 6) is 0.546. The first-order valence-corrected chi connectivity index (χ1v) is 7.78. The first-order valence-electron chi connectivity index (χ1n) is 7.41. The third-order valence-electron chi connectivity index (χ3n) is 3.47. The maximum Gasteiger partial charge on any atom is 0.255 e. The van der Waals surface area contributed by atoms with Crippen molar-refractivity contribution in [1.82, 2.24) is 4.90 Å². The highest BCUT2D eigenvalue weighted by Crippen LogP contribution is 2.37. The Balaban J connectivity index is 2.30. The highest BCUT2D eigenvalue weighted by molar-refractivity contribution is 6.32. The lowest BCUT2D eigenvalue weighted by Crippen LogP contribution is -2.48. The van der Waals surface area contributed by atoms with E-state index in [0.29, 0.717) is 41.8 Å². The van der Waals surface area contributed by atoms with Gasteiger partial charge in [0.25, 0.3) is 5.91 Å². The van der Waals surface area contributed by atoms with E-state index in [2.05, 4.69) is 6.07 Å². The fourth-order valence-electron chi connectivity index (χ4n) is 2.31. The van der Waals surface area contributed by atoms with Crippen molar-refractivity contribution < 1.29 is 19.0 Å². The van der Waals surface area contributed by atoms with Crippen molar-refractivity contribution in [2.24, 2.45) is 0 Å². The molecule has 1 fully saturated rings. The van der Waals surface area contributed by atoms with Gasteiger partial charge in [-0.25, -0.2) is 0 Å². The summed E-state index contributed by atoms with van der Waals surface area (Å²) in [5.41, 5.74) is 0.359. The van der Waals surface area contributed by atoms with Crippen molar-refractivity contribution in [2.75, 3.05) is 33.5 Å². The molecular weight excluding hydrogens is 320 g/mol. The van der Waals surface area contributed by atoms with Crippen molar-refractivity contribution >= 4 is 17.5 Å². The monoisotopic (exact) mass is 338 g/mol. The molecule has 1 atom stereocenters. The number of ether oxygens (including phenoxy) is 3. The van der Waals surface area contributed by atoms with Gasteiger partial charge in [-0.1, -0.05) is 18.5 Å². The van der Waals surface area contributed by atoms with Gasteiger partial charge in [0, 0.05) is 12.1 Å². The van der Waals surface area contributed by atoms with E-state index in [-0.39, 0.29) is 12.5 Å². The van der Waals surface area contributed by atoms with Crippen molar-refractivity contribution in [3.8, 4) is 17.6 Å². The van der Waals surface area contributed by atoms with E-state index in [9.17, 15) is 4.79 Å². The second-order valence-corrected chi connectivity index (χ2v) is 5.46. The molecule has 7 heteroatoms. The van der Waals surface area contributed by atoms with Gasteiger partial charge >= 0.3 is 0 Å². The molecule has 1 aliphatic heterocycles. The molecule has 124 valence electrons. The van der Waals surface area contributed by atoms with E-state index in [0.717, 1.165) is 6.42 Å². The van der Waals surface area contributed by atoms with Crippen molar-refractivity contribution in [1.29, 1.82) is 5.26 Å². The highest BCUT2D eigenvalue weighted by Gasteiger charge is 2.29. The smallest absolute Gasteiger partial charge is 0.255 e. The van der Waals surface area contributed by atoms with Gasteiger partial charge in [-0.2, -0.15) is 5.26 Å². The van der Waals surface area contributed by atoms with Crippen LogP contribution in [-0.2, 0) is 4.74 Å². The third kappa shape index (κ3) is 3.87. The van der Waals surface area contributed by atoms with Crippen LogP contribution in [0.4, 0.5) is 0 Å². The number of methoxy groups -OCH3 is 1. The van der Waals surface area contributed by atoms with Crippen LogP contribution < -0.4 is 9.47 Å². The van der Waals surface area contributed by atoms with Crippen LogP contribution in [-0.4, -0.2) is 50.3 Å². The van der Waals surface area contributed by atoms with Crippen LogP contribution in [0.3, 0.4) is 0 Å². The van der Waals surface area contributed by atoms with Gasteiger partial charge < -0.3 is 19.1 Å². The molecule has 0 N–H and O–H groups in total. The topological polar surface area (TPSA) is 71.8 Å². The Morgan fingerprint density at radius 2 is 2.35 bits per heavy atom. The number of amides is 1. The maximum atomic E-state index is 12.7. The number of nitriles is 1. The zero-order valence-corrected chi connectivity index (χ0v) is 13.9. The Kier molecular flexibility index (Phi) is 6.08. The Labute approximate surface area is 140 Å². The molecule has 2 rings (SSSR count). The summed E-state index contributed by atoms with van der Waals surface area (Å²) in [6, 6.07) is 4.61. The lowest BCUT2D eigenvalue weighted by atomic mass is 10.1.